The molecule has 0 spiro atoms. The Kier molecular flexibility index (Phi) is 4.81. The van der Waals surface area contributed by atoms with E-state index in [-0.39, 0.29) is 6.54 Å². The van der Waals surface area contributed by atoms with E-state index < -0.39 is 30.7 Å². The van der Waals surface area contributed by atoms with Gasteiger partial charge in [0.25, 0.3) is 0 Å². The van der Waals surface area contributed by atoms with Crippen molar-refractivity contribution < 1.29 is 25.2 Å². The van der Waals surface area contributed by atoms with Crippen LogP contribution in [0.3, 0.4) is 0 Å². The topological polar surface area (TPSA) is 93.4 Å². The lowest BCUT2D eigenvalue weighted by Crippen LogP contribution is -2.54. The number of likely N-dealkylation sites (tertiary alicyclic amines) is 1. The highest BCUT2D eigenvalue weighted by molar-refractivity contribution is 4.97. The van der Waals surface area contributed by atoms with Crippen molar-refractivity contribution in [2.75, 3.05) is 19.7 Å². The Balaban J connectivity index is 2.04. The number of nitrogens with zero attached hydrogens (tertiary/aromatic N) is 1. The van der Waals surface area contributed by atoms with Crippen LogP contribution in [-0.4, -0.2) is 75.2 Å². The van der Waals surface area contributed by atoms with Gasteiger partial charge in [0.2, 0.25) is 5.79 Å². The minimum Gasteiger partial charge on any atom is -0.394 e. The second-order valence-corrected chi connectivity index (χ2v) is 5.65. The molecule has 2 rings (SSSR count). The first kappa shape index (κ1) is 15.2. The monoisotopic (exact) mass is 275 g/mol. The van der Waals surface area contributed by atoms with Gasteiger partial charge in [-0.2, -0.15) is 0 Å². The summed E-state index contributed by atoms with van der Waals surface area (Å²) in [6, 6.07) is 0.374. The maximum atomic E-state index is 10.4. The quantitative estimate of drug-likeness (QED) is 0.529. The van der Waals surface area contributed by atoms with Crippen molar-refractivity contribution in [3.63, 3.8) is 0 Å². The summed E-state index contributed by atoms with van der Waals surface area (Å²) in [5.41, 5.74) is 0. The fraction of sp³-hybridized carbons (Fsp3) is 1.00. The van der Waals surface area contributed by atoms with Crippen LogP contribution in [0.15, 0.2) is 0 Å². The van der Waals surface area contributed by atoms with Gasteiger partial charge >= 0.3 is 0 Å². The molecule has 2 fully saturated rings. The molecule has 2 heterocycles. The number of piperidine rings is 1. The van der Waals surface area contributed by atoms with Crippen LogP contribution in [0, 0.1) is 0 Å². The molecule has 0 bridgehead atoms. The van der Waals surface area contributed by atoms with E-state index in [1.165, 1.54) is 6.42 Å². The third kappa shape index (κ3) is 2.94. The highest BCUT2D eigenvalue weighted by Crippen LogP contribution is 2.32. The lowest BCUT2D eigenvalue weighted by atomic mass is 9.97. The lowest BCUT2D eigenvalue weighted by molar-refractivity contribution is -0.242. The van der Waals surface area contributed by atoms with E-state index in [4.69, 9.17) is 9.84 Å². The van der Waals surface area contributed by atoms with Crippen LogP contribution in [0.2, 0.25) is 0 Å². The molecule has 2 unspecified atom stereocenters. The molecule has 0 aromatic heterocycles. The third-order valence-electron chi connectivity index (χ3n) is 4.35. The summed E-state index contributed by atoms with van der Waals surface area (Å²) in [6.45, 7) is 2.71. The van der Waals surface area contributed by atoms with Crippen molar-refractivity contribution in [2.45, 2.75) is 62.7 Å². The fourth-order valence-corrected chi connectivity index (χ4v) is 3.17. The fourth-order valence-electron chi connectivity index (χ4n) is 3.17. The zero-order valence-electron chi connectivity index (χ0n) is 11.4. The second kappa shape index (κ2) is 6.03. The predicted octanol–water partition coefficient (Wildman–Crippen LogP) is -0.948. The van der Waals surface area contributed by atoms with Crippen molar-refractivity contribution in [1.29, 1.82) is 0 Å². The Bertz CT molecular complexity index is 303. The average molecular weight is 275 g/mol. The third-order valence-corrected chi connectivity index (χ3v) is 4.35. The Morgan fingerprint density at radius 3 is 2.63 bits per heavy atom. The maximum Gasteiger partial charge on any atom is 0.208 e. The second-order valence-electron chi connectivity index (χ2n) is 5.65. The summed E-state index contributed by atoms with van der Waals surface area (Å²) in [5, 5.41) is 39.2. The van der Waals surface area contributed by atoms with Crippen LogP contribution >= 0.6 is 0 Å². The van der Waals surface area contributed by atoms with Crippen LogP contribution in [0.1, 0.15) is 32.6 Å². The van der Waals surface area contributed by atoms with E-state index >= 15 is 0 Å². The number of β-amino-alcohol motifs (C(OH)–C–C–N with tert-alkyl or cyclic N) is 1. The van der Waals surface area contributed by atoms with Gasteiger partial charge in [-0.1, -0.05) is 13.3 Å². The van der Waals surface area contributed by atoms with Gasteiger partial charge in [-0.3, -0.25) is 4.90 Å². The lowest BCUT2D eigenvalue weighted by Gasteiger charge is -2.40. The molecule has 112 valence electrons. The summed E-state index contributed by atoms with van der Waals surface area (Å²) in [6.07, 6.45) is 0.744. The Morgan fingerprint density at radius 2 is 2.05 bits per heavy atom. The summed E-state index contributed by atoms with van der Waals surface area (Å²) >= 11 is 0. The largest absolute Gasteiger partial charge is 0.394 e. The van der Waals surface area contributed by atoms with E-state index in [2.05, 4.69) is 11.8 Å². The van der Waals surface area contributed by atoms with Crippen LogP contribution in [0.25, 0.3) is 0 Å². The smallest absolute Gasteiger partial charge is 0.208 e. The predicted molar refractivity (Wildman–Crippen MR) is 68.4 cm³/mol. The summed E-state index contributed by atoms with van der Waals surface area (Å²) in [7, 11) is 0. The number of hydrogen-bond donors (Lipinski definition) is 4. The normalized spacial score (nSPS) is 44.7. The van der Waals surface area contributed by atoms with E-state index in [9.17, 15) is 15.3 Å². The summed E-state index contributed by atoms with van der Waals surface area (Å²) in [5.74, 6) is -1.79. The minimum atomic E-state index is -1.79. The molecule has 0 amide bonds. The van der Waals surface area contributed by atoms with Gasteiger partial charge in [0.05, 0.1) is 13.2 Å². The van der Waals surface area contributed by atoms with Crippen LogP contribution in [-0.2, 0) is 4.74 Å². The van der Waals surface area contributed by atoms with E-state index in [1.54, 1.807) is 0 Å². The van der Waals surface area contributed by atoms with E-state index in [0.29, 0.717) is 6.04 Å². The van der Waals surface area contributed by atoms with Crippen molar-refractivity contribution >= 4 is 0 Å². The number of aliphatic hydroxyl groups excluding tert-OH is 3. The summed E-state index contributed by atoms with van der Waals surface area (Å²) in [4.78, 5) is 2.11. The van der Waals surface area contributed by atoms with Gasteiger partial charge in [-0.15, -0.1) is 0 Å². The van der Waals surface area contributed by atoms with Gasteiger partial charge in [-0.05, 0) is 25.8 Å². The molecule has 0 saturated carbocycles. The van der Waals surface area contributed by atoms with Crippen LogP contribution < -0.4 is 0 Å². The molecule has 19 heavy (non-hydrogen) atoms. The van der Waals surface area contributed by atoms with E-state index in [1.807, 2.05) is 0 Å². The standard InChI is InChI=1S/C13H25NO5/c1-2-9-5-3-4-6-14(9)8-13(18)12(17)11(16)10(7-15)19-13/h9-12,15-18H,2-8H2,1H3/t9?,10-,11+,12-,13?/m0/s1. The zero-order valence-corrected chi connectivity index (χ0v) is 11.4. The molecule has 0 radical (unpaired) electrons. The first-order valence-electron chi connectivity index (χ1n) is 7.13. The molecule has 0 aromatic rings. The number of ether oxygens (including phenoxy) is 1. The van der Waals surface area contributed by atoms with E-state index in [0.717, 1.165) is 25.8 Å². The zero-order chi connectivity index (χ0) is 14.0. The van der Waals surface area contributed by atoms with Gasteiger partial charge in [0.1, 0.15) is 18.3 Å². The Morgan fingerprint density at radius 1 is 1.32 bits per heavy atom. The van der Waals surface area contributed by atoms with Crippen molar-refractivity contribution in [1.82, 2.24) is 4.90 Å². The molecule has 2 saturated heterocycles. The summed E-state index contributed by atoms with van der Waals surface area (Å²) < 4.78 is 5.28. The first-order valence-corrected chi connectivity index (χ1v) is 7.13. The van der Waals surface area contributed by atoms with Crippen molar-refractivity contribution in [3.05, 3.63) is 0 Å². The van der Waals surface area contributed by atoms with Crippen LogP contribution in [0.4, 0.5) is 0 Å². The number of rotatable bonds is 4. The number of aliphatic hydroxyl groups is 4. The Hall–Kier alpha value is -0.240. The molecule has 0 aliphatic carbocycles. The molecule has 0 aromatic carbocycles. The van der Waals surface area contributed by atoms with Crippen molar-refractivity contribution in [2.24, 2.45) is 0 Å². The van der Waals surface area contributed by atoms with Gasteiger partial charge < -0.3 is 25.2 Å². The molecule has 4 N–H and O–H groups in total. The average Bonchev–Trinajstić information content (AvgIpc) is 2.63. The van der Waals surface area contributed by atoms with Gasteiger partial charge in [0.15, 0.2) is 0 Å². The van der Waals surface area contributed by atoms with Crippen molar-refractivity contribution in [3.8, 4) is 0 Å². The molecule has 5 atom stereocenters. The highest BCUT2D eigenvalue weighted by atomic mass is 16.7. The molecular formula is C13H25NO5. The maximum absolute atomic E-state index is 10.4. The number of hydrogen-bond acceptors (Lipinski definition) is 6. The minimum absolute atomic E-state index is 0.167. The highest BCUT2D eigenvalue weighted by Gasteiger charge is 2.54. The van der Waals surface area contributed by atoms with Gasteiger partial charge in [0, 0.05) is 6.04 Å². The SMILES string of the molecule is CCC1CCCCN1CC1(O)O[C@@H](CO)[C@@H](O)[C@@H]1O. The molecular weight excluding hydrogens is 250 g/mol. The molecule has 6 heteroatoms. The molecule has 6 nitrogen and oxygen atoms in total. The first-order chi connectivity index (χ1) is 9.01. The Labute approximate surface area is 113 Å². The molecule has 2 aliphatic rings. The van der Waals surface area contributed by atoms with Gasteiger partial charge in [-0.25, -0.2) is 0 Å². The molecule has 2 aliphatic heterocycles. The van der Waals surface area contributed by atoms with Crippen LogP contribution in [0.5, 0.6) is 0 Å².